The summed E-state index contributed by atoms with van der Waals surface area (Å²) in [6.07, 6.45) is 1.70. The molecule has 1 N–H and O–H groups in total. The monoisotopic (exact) mass is 348 g/mol. The van der Waals surface area contributed by atoms with E-state index in [1.807, 2.05) is 30.3 Å². The van der Waals surface area contributed by atoms with Crippen molar-refractivity contribution in [2.24, 2.45) is 0 Å². The molecular formula is C19H12N2O3S. The second-order valence-corrected chi connectivity index (χ2v) is 6.35. The standard InChI is InChI=1S/C19H12N2O3S/c22-14-10-16(24-15-9-5-4-8-13(14)15)18(23)21-19-20-11-17(25-19)12-6-2-1-3-7-12/h1-11H,(H,20,21,23). The van der Waals surface area contributed by atoms with Gasteiger partial charge >= 0.3 is 0 Å². The van der Waals surface area contributed by atoms with E-state index in [4.69, 9.17) is 4.42 Å². The molecule has 0 spiro atoms. The Labute approximate surface area is 146 Å². The molecule has 0 aliphatic rings. The van der Waals surface area contributed by atoms with Crippen LogP contribution in [0.1, 0.15) is 10.6 Å². The van der Waals surface area contributed by atoms with Crippen molar-refractivity contribution in [3.8, 4) is 10.4 Å². The maximum Gasteiger partial charge on any atom is 0.293 e. The van der Waals surface area contributed by atoms with Crippen LogP contribution < -0.4 is 10.7 Å². The van der Waals surface area contributed by atoms with E-state index >= 15 is 0 Å². The number of fused-ring (bicyclic) bond motifs is 1. The molecule has 2 heterocycles. The number of carbonyl (C=O) groups is 1. The molecule has 1 amide bonds. The highest BCUT2D eigenvalue weighted by Gasteiger charge is 2.14. The molecule has 2 aromatic heterocycles. The average molecular weight is 348 g/mol. The van der Waals surface area contributed by atoms with Crippen molar-refractivity contribution in [1.82, 2.24) is 4.98 Å². The Balaban J connectivity index is 1.61. The summed E-state index contributed by atoms with van der Waals surface area (Å²) in [6, 6.07) is 17.8. The average Bonchev–Trinajstić information content (AvgIpc) is 3.11. The van der Waals surface area contributed by atoms with Gasteiger partial charge in [-0.25, -0.2) is 4.98 Å². The number of rotatable bonds is 3. The number of benzene rings is 2. The van der Waals surface area contributed by atoms with Gasteiger partial charge in [0.15, 0.2) is 16.3 Å². The Bertz CT molecular complexity index is 1120. The van der Waals surface area contributed by atoms with Crippen molar-refractivity contribution in [3.63, 3.8) is 0 Å². The predicted octanol–water partition coefficient (Wildman–Crippen LogP) is 4.17. The van der Waals surface area contributed by atoms with Crippen LogP contribution in [-0.2, 0) is 0 Å². The fourth-order valence-corrected chi connectivity index (χ4v) is 3.26. The lowest BCUT2D eigenvalue weighted by Gasteiger charge is -2.02. The number of hydrogen-bond acceptors (Lipinski definition) is 5. The van der Waals surface area contributed by atoms with Gasteiger partial charge in [0.05, 0.1) is 10.3 Å². The largest absolute Gasteiger partial charge is 0.451 e. The molecule has 0 saturated heterocycles. The van der Waals surface area contributed by atoms with Crippen LogP contribution in [0.25, 0.3) is 21.4 Å². The van der Waals surface area contributed by atoms with E-state index in [1.54, 1.807) is 30.5 Å². The first-order valence-electron chi connectivity index (χ1n) is 7.56. The smallest absolute Gasteiger partial charge is 0.293 e. The van der Waals surface area contributed by atoms with E-state index in [1.165, 1.54) is 17.4 Å². The Kier molecular flexibility index (Phi) is 3.87. The minimum Gasteiger partial charge on any atom is -0.451 e. The van der Waals surface area contributed by atoms with Crippen LogP contribution in [0.15, 0.2) is 76.1 Å². The molecular weight excluding hydrogens is 336 g/mol. The van der Waals surface area contributed by atoms with Gasteiger partial charge < -0.3 is 4.42 Å². The van der Waals surface area contributed by atoms with E-state index in [0.717, 1.165) is 10.4 Å². The van der Waals surface area contributed by atoms with Crippen LogP contribution in [-0.4, -0.2) is 10.9 Å². The van der Waals surface area contributed by atoms with Crippen LogP contribution in [0.4, 0.5) is 5.13 Å². The zero-order valence-corrected chi connectivity index (χ0v) is 13.7. The van der Waals surface area contributed by atoms with E-state index in [2.05, 4.69) is 10.3 Å². The molecule has 6 heteroatoms. The normalized spacial score (nSPS) is 10.7. The van der Waals surface area contributed by atoms with Gasteiger partial charge in [-0.2, -0.15) is 0 Å². The number of carbonyl (C=O) groups excluding carboxylic acids is 1. The third kappa shape index (κ3) is 3.07. The van der Waals surface area contributed by atoms with Gasteiger partial charge in [0, 0.05) is 12.3 Å². The lowest BCUT2D eigenvalue weighted by atomic mass is 10.2. The third-order valence-electron chi connectivity index (χ3n) is 3.64. The number of thiazole rings is 1. The zero-order valence-electron chi connectivity index (χ0n) is 12.9. The number of para-hydroxylation sites is 1. The first-order valence-corrected chi connectivity index (χ1v) is 8.38. The molecule has 0 radical (unpaired) electrons. The molecule has 4 aromatic rings. The minimum atomic E-state index is -0.503. The fourth-order valence-electron chi connectivity index (χ4n) is 2.44. The van der Waals surface area contributed by atoms with Gasteiger partial charge in [0.25, 0.3) is 5.91 Å². The summed E-state index contributed by atoms with van der Waals surface area (Å²) in [6.45, 7) is 0. The summed E-state index contributed by atoms with van der Waals surface area (Å²) in [5.74, 6) is -0.544. The maximum absolute atomic E-state index is 12.4. The number of nitrogens with one attached hydrogen (secondary N) is 1. The van der Waals surface area contributed by atoms with Crippen molar-refractivity contribution < 1.29 is 9.21 Å². The summed E-state index contributed by atoms with van der Waals surface area (Å²) < 4.78 is 5.53. The lowest BCUT2D eigenvalue weighted by Crippen LogP contribution is -2.14. The van der Waals surface area contributed by atoms with Crippen LogP contribution in [0.3, 0.4) is 0 Å². The third-order valence-corrected chi connectivity index (χ3v) is 4.60. The number of nitrogens with zero attached hydrogens (tertiary/aromatic N) is 1. The fraction of sp³-hybridized carbons (Fsp3) is 0. The van der Waals surface area contributed by atoms with Crippen LogP contribution >= 0.6 is 11.3 Å². The second-order valence-electron chi connectivity index (χ2n) is 5.32. The highest BCUT2D eigenvalue weighted by molar-refractivity contribution is 7.19. The van der Waals surface area contributed by atoms with Gasteiger partial charge in [-0.15, -0.1) is 0 Å². The summed E-state index contributed by atoms with van der Waals surface area (Å²) in [5.41, 5.74) is 1.15. The Morgan fingerprint density at radius 2 is 1.80 bits per heavy atom. The predicted molar refractivity (Wildman–Crippen MR) is 98.0 cm³/mol. The highest BCUT2D eigenvalue weighted by atomic mass is 32.1. The molecule has 122 valence electrons. The molecule has 0 atom stereocenters. The summed E-state index contributed by atoms with van der Waals surface area (Å²) in [7, 11) is 0. The van der Waals surface area contributed by atoms with Crippen molar-refractivity contribution in [2.45, 2.75) is 0 Å². The molecule has 0 bridgehead atoms. The van der Waals surface area contributed by atoms with Crippen molar-refractivity contribution in [3.05, 3.63) is 82.8 Å². The molecule has 0 fully saturated rings. The van der Waals surface area contributed by atoms with Gasteiger partial charge in [0.1, 0.15) is 5.58 Å². The zero-order chi connectivity index (χ0) is 17.2. The molecule has 0 aliphatic heterocycles. The van der Waals surface area contributed by atoms with Crippen LogP contribution in [0.2, 0.25) is 0 Å². The van der Waals surface area contributed by atoms with Gasteiger partial charge in [-0.1, -0.05) is 53.8 Å². The topological polar surface area (TPSA) is 72.2 Å². The van der Waals surface area contributed by atoms with Crippen molar-refractivity contribution in [2.75, 3.05) is 5.32 Å². The summed E-state index contributed by atoms with van der Waals surface area (Å²) in [4.78, 5) is 29.6. The molecule has 25 heavy (non-hydrogen) atoms. The van der Waals surface area contributed by atoms with Gasteiger partial charge in [0.2, 0.25) is 0 Å². The van der Waals surface area contributed by atoms with Crippen molar-refractivity contribution in [1.29, 1.82) is 0 Å². The van der Waals surface area contributed by atoms with Gasteiger partial charge in [-0.05, 0) is 17.7 Å². The SMILES string of the molecule is O=C(Nc1ncc(-c2ccccc2)s1)c1cc(=O)c2ccccc2o1. The van der Waals surface area contributed by atoms with E-state index in [-0.39, 0.29) is 11.2 Å². The minimum absolute atomic E-state index is 0.0415. The molecule has 5 nitrogen and oxygen atoms in total. The van der Waals surface area contributed by atoms with Gasteiger partial charge in [-0.3, -0.25) is 14.9 Å². The summed E-state index contributed by atoms with van der Waals surface area (Å²) >= 11 is 1.35. The summed E-state index contributed by atoms with van der Waals surface area (Å²) in [5, 5.41) is 3.56. The Morgan fingerprint density at radius 3 is 2.64 bits per heavy atom. The van der Waals surface area contributed by atoms with E-state index in [0.29, 0.717) is 16.1 Å². The first kappa shape index (κ1) is 15.3. The highest BCUT2D eigenvalue weighted by Crippen LogP contribution is 2.28. The number of hydrogen-bond donors (Lipinski definition) is 1. The quantitative estimate of drug-likeness (QED) is 0.603. The lowest BCUT2D eigenvalue weighted by molar-refractivity contribution is 0.0997. The number of aromatic nitrogens is 1. The molecule has 2 aromatic carbocycles. The molecule has 4 rings (SSSR count). The maximum atomic E-state index is 12.4. The van der Waals surface area contributed by atoms with Crippen LogP contribution in [0.5, 0.6) is 0 Å². The molecule has 0 aliphatic carbocycles. The molecule has 0 saturated carbocycles. The Hall–Kier alpha value is -3.25. The van der Waals surface area contributed by atoms with E-state index in [9.17, 15) is 9.59 Å². The second kappa shape index (κ2) is 6.33. The van der Waals surface area contributed by atoms with Crippen LogP contribution in [0, 0.1) is 0 Å². The Morgan fingerprint density at radius 1 is 1.04 bits per heavy atom. The first-order chi connectivity index (χ1) is 12.2. The molecule has 0 unspecified atom stereocenters. The number of anilines is 1. The number of amides is 1. The van der Waals surface area contributed by atoms with E-state index < -0.39 is 5.91 Å². The van der Waals surface area contributed by atoms with Crippen molar-refractivity contribution >= 4 is 33.3 Å².